The molecular weight excluding hydrogens is 226 g/mol. The summed E-state index contributed by atoms with van der Waals surface area (Å²) in [6.45, 7) is 4.30. The van der Waals surface area contributed by atoms with Crippen molar-refractivity contribution in [3.8, 4) is 0 Å². The Morgan fingerprint density at radius 2 is 1.94 bits per heavy atom. The van der Waals surface area contributed by atoms with Crippen molar-refractivity contribution in [2.24, 2.45) is 11.7 Å². The fourth-order valence-corrected chi connectivity index (χ4v) is 1.71. The highest BCUT2D eigenvalue weighted by atomic mass is 16.5. The number of carbonyl (C=O) groups excluding carboxylic acids is 1. The van der Waals surface area contributed by atoms with Crippen molar-refractivity contribution in [2.75, 3.05) is 7.11 Å². The third-order valence-corrected chi connectivity index (χ3v) is 2.61. The molecule has 0 aromatic heterocycles. The van der Waals surface area contributed by atoms with Gasteiger partial charge in [-0.05, 0) is 30.0 Å². The lowest BCUT2D eigenvalue weighted by atomic mass is 10.0. The molecule has 98 valence electrons. The van der Waals surface area contributed by atoms with Gasteiger partial charge in [0.25, 0.3) is 0 Å². The van der Waals surface area contributed by atoms with Gasteiger partial charge in [0.05, 0.1) is 12.7 Å². The molecule has 0 saturated heterocycles. The number of ether oxygens (including phenoxy) is 1. The van der Waals surface area contributed by atoms with E-state index in [2.05, 4.69) is 18.6 Å². The molecule has 0 aliphatic heterocycles. The average molecular weight is 247 g/mol. The van der Waals surface area contributed by atoms with E-state index in [1.54, 1.807) is 12.1 Å². The summed E-state index contributed by atoms with van der Waals surface area (Å²) >= 11 is 0. The van der Waals surface area contributed by atoms with E-state index in [9.17, 15) is 4.79 Å². The van der Waals surface area contributed by atoms with Crippen LogP contribution in [0, 0.1) is 5.92 Å². The first-order valence-electron chi connectivity index (χ1n) is 6.15. The highest BCUT2D eigenvalue weighted by Gasteiger charge is 2.04. The topological polar surface area (TPSA) is 52.3 Å². The first-order chi connectivity index (χ1) is 8.52. The minimum absolute atomic E-state index is 0.0743. The Balaban J connectivity index is 2.63. The summed E-state index contributed by atoms with van der Waals surface area (Å²) < 4.78 is 4.64. The quantitative estimate of drug-likeness (QED) is 0.814. The minimum Gasteiger partial charge on any atom is -0.465 e. The van der Waals surface area contributed by atoms with Crippen LogP contribution in [0.1, 0.15) is 36.2 Å². The Kier molecular flexibility index (Phi) is 5.59. The van der Waals surface area contributed by atoms with Crippen molar-refractivity contribution >= 4 is 12.0 Å². The van der Waals surface area contributed by atoms with E-state index in [-0.39, 0.29) is 12.0 Å². The third-order valence-electron chi connectivity index (χ3n) is 2.61. The summed E-state index contributed by atoms with van der Waals surface area (Å²) in [5.74, 6) is 0.272. The molecule has 0 fully saturated rings. The Hall–Kier alpha value is -1.61. The Bertz CT molecular complexity index is 407. The van der Waals surface area contributed by atoms with Crippen molar-refractivity contribution in [3.63, 3.8) is 0 Å². The highest BCUT2D eigenvalue weighted by molar-refractivity contribution is 5.89. The van der Waals surface area contributed by atoms with Crippen LogP contribution in [-0.2, 0) is 4.74 Å². The second-order valence-corrected chi connectivity index (χ2v) is 4.77. The normalized spacial score (nSPS) is 12.9. The third kappa shape index (κ3) is 4.72. The fourth-order valence-electron chi connectivity index (χ4n) is 1.71. The van der Waals surface area contributed by atoms with Gasteiger partial charge in [0.2, 0.25) is 0 Å². The summed E-state index contributed by atoms with van der Waals surface area (Å²) in [6, 6.07) is 7.33. The van der Waals surface area contributed by atoms with Crippen LogP contribution < -0.4 is 5.73 Å². The van der Waals surface area contributed by atoms with Crippen LogP contribution >= 0.6 is 0 Å². The van der Waals surface area contributed by atoms with Crippen LogP contribution in [0.15, 0.2) is 30.3 Å². The van der Waals surface area contributed by atoms with Gasteiger partial charge in [0, 0.05) is 6.04 Å². The number of esters is 1. The van der Waals surface area contributed by atoms with E-state index in [4.69, 9.17) is 5.73 Å². The van der Waals surface area contributed by atoms with Crippen molar-refractivity contribution in [1.82, 2.24) is 0 Å². The Morgan fingerprint density at radius 3 is 2.44 bits per heavy atom. The minimum atomic E-state index is -0.318. The fraction of sp³-hybridized carbons (Fsp3) is 0.400. The van der Waals surface area contributed by atoms with E-state index in [0.717, 1.165) is 12.0 Å². The van der Waals surface area contributed by atoms with Gasteiger partial charge in [-0.1, -0.05) is 38.1 Å². The van der Waals surface area contributed by atoms with Gasteiger partial charge in [0.15, 0.2) is 0 Å². The summed E-state index contributed by atoms with van der Waals surface area (Å²) in [5, 5.41) is 0. The molecule has 0 bridgehead atoms. The molecule has 3 heteroatoms. The molecule has 2 N–H and O–H groups in total. The maximum absolute atomic E-state index is 11.3. The maximum atomic E-state index is 11.3. The van der Waals surface area contributed by atoms with Crippen LogP contribution in [0.25, 0.3) is 6.08 Å². The largest absolute Gasteiger partial charge is 0.465 e. The molecule has 1 aromatic rings. The number of methoxy groups -OCH3 is 1. The second-order valence-electron chi connectivity index (χ2n) is 4.77. The van der Waals surface area contributed by atoms with Crippen LogP contribution in [0.4, 0.5) is 0 Å². The number of carbonyl (C=O) groups is 1. The number of nitrogens with two attached hydrogens (primary N) is 1. The van der Waals surface area contributed by atoms with Gasteiger partial charge in [-0.25, -0.2) is 4.79 Å². The SMILES string of the molecule is COC(=O)c1ccc(C=CC(N)CC(C)C)cc1. The molecule has 1 unspecified atom stereocenters. The zero-order valence-electron chi connectivity index (χ0n) is 11.2. The number of rotatable bonds is 5. The molecule has 0 radical (unpaired) electrons. The summed E-state index contributed by atoms with van der Waals surface area (Å²) in [7, 11) is 1.38. The van der Waals surface area contributed by atoms with Gasteiger partial charge < -0.3 is 10.5 Å². The van der Waals surface area contributed by atoms with E-state index in [1.807, 2.05) is 24.3 Å². The Labute approximate surface area is 109 Å². The highest BCUT2D eigenvalue weighted by Crippen LogP contribution is 2.09. The van der Waals surface area contributed by atoms with Crippen molar-refractivity contribution in [1.29, 1.82) is 0 Å². The molecule has 18 heavy (non-hydrogen) atoms. The smallest absolute Gasteiger partial charge is 0.337 e. The molecule has 0 amide bonds. The molecule has 1 atom stereocenters. The van der Waals surface area contributed by atoms with Gasteiger partial charge in [-0.3, -0.25) is 0 Å². The average Bonchev–Trinajstić information content (AvgIpc) is 2.35. The lowest BCUT2D eigenvalue weighted by Gasteiger charge is -2.08. The van der Waals surface area contributed by atoms with E-state index < -0.39 is 0 Å². The molecule has 0 spiro atoms. The van der Waals surface area contributed by atoms with E-state index in [0.29, 0.717) is 11.5 Å². The molecule has 0 saturated carbocycles. The molecule has 1 rings (SSSR count). The first kappa shape index (κ1) is 14.5. The predicted octanol–water partition coefficient (Wildman–Crippen LogP) is 2.86. The maximum Gasteiger partial charge on any atom is 0.337 e. The van der Waals surface area contributed by atoms with Crippen molar-refractivity contribution in [3.05, 3.63) is 41.5 Å². The van der Waals surface area contributed by atoms with Crippen LogP contribution in [-0.4, -0.2) is 19.1 Å². The van der Waals surface area contributed by atoms with Gasteiger partial charge in [-0.2, -0.15) is 0 Å². The van der Waals surface area contributed by atoms with Crippen LogP contribution in [0.3, 0.4) is 0 Å². The summed E-state index contributed by atoms with van der Waals surface area (Å²) in [4.78, 5) is 11.3. The summed E-state index contributed by atoms with van der Waals surface area (Å²) in [6.07, 6.45) is 4.94. The molecule has 0 aliphatic carbocycles. The molecule has 0 aliphatic rings. The van der Waals surface area contributed by atoms with E-state index in [1.165, 1.54) is 7.11 Å². The van der Waals surface area contributed by atoms with Crippen molar-refractivity contribution in [2.45, 2.75) is 26.3 Å². The van der Waals surface area contributed by atoms with Crippen LogP contribution in [0.2, 0.25) is 0 Å². The number of hydrogen-bond donors (Lipinski definition) is 1. The van der Waals surface area contributed by atoms with Gasteiger partial charge in [-0.15, -0.1) is 0 Å². The van der Waals surface area contributed by atoms with Gasteiger partial charge >= 0.3 is 5.97 Å². The Morgan fingerprint density at radius 1 is 1.33 bits per heavy atom. The molecular formula is C15H21NO2. The standard InChI is InChI=1S/C15H21NO2/c1-11(2)10-14(16)9-6-12-4-7-13(8-5-12)15(17)18-3/h4-9,11,14H,10,16H2,1-3H3. The second kappa shape index (κ2) is 6.97. The molecule has 1 aromatic carbocycles. The summed E-state index contributed by atoms with van der Waals surface area (Å²) in [5.41, 5.74) is 7.55. The number of benzene rings is 1. The number of hydrogen-bond acceptors (Lipinski definition) is 3. The molecule has 0 heterocycles. The first-order valence-corrected chi connectivity index (χ1v) is 6.15. The van der Waals surface area contributed by atoms with Gasteiger partial charge in [0.1, 0.15) is 0 Å². The predicted molar refractivity (Wildman–Crippen MR) is 74.2 cm³/mol. The monoisotopic (exact) mass is 247 g/mol. The lowest BCUT2D eigenvalue weighted by Crippen LogP contribution is -2.18. The molecule has 3 nitrogen and oxygen atoms in total. The van der Waals surface area contributed by atoms with Crippen molar-refractivity contribution < 1.29 is 9.53 Å². The van der Waals surface area contributed by atoms with E-state index >= 15 is 0 Å². The zero-order valence-corrected chi connectivity index (χ0v) is 11.2. The zero-order chi connectivity index (χ0) is 13.5. The van der Waals surface area contributed by atoms with Crippen LogP contribution in [0.5, 0.6) is 0 Å². The lowest BCUT2D eigenvalue weighted by molar-refractivity contribution is 0.0601.